The number of benzene rings is 2. The van der Waals surface area contributed by atoms with E-state index in [1.54, 1.807) is 0 Å². The summed E-state index contributed by atoms with van der Waals surface area (Å²) in [7, 11) is 0. The minimum atomic E-state index is -0.593. The highest BCUT2D eigenvalue weighted by atomic mass is 18.2. The summed E-state index contributed by atoms with van der Waals surface area (Å²) in [6.45, 7) is 0.519. The first kappa shape index (κ1) is 16.8. The summed E-state index contributed by atoms with van der Waals surface area (Å²) in [6.07, 6.45) is 2.02. The Bertz CT molecular complexity index is 765. The minimum absolute atomic E-state index is 0.203. The minimum Gasteiger partial charge on any atom is -0.352 e. The van der Waals surface area contributed by atoms with Gasteiger partial charge in [-0.05, 0) is 29.7 Å². The molecule has 1 amide bonds. The maximum absolute atomic E-state index is 12.8. The normalized spacial score (nSPS) is 10.6. The highest BCUT2D eigenvalue weighted by molar-refractivity contribution is 5.93. The van der Waals surface area contributed by atoms with E-state index in [-0.39, 0.29) is 11.8 Å². The molecule has 0 bridgehead atoms. The summed E-state index contributed by atoms with van der Waals surface area (Å²) in [5, 5.41) is 2.89. The first-order valence-corrected chi connectivity index (χ1v) is 8.23. The van der Waals surface area contributed by atoms with Crippen molar-refractivity contribution < 1.29 is 9.18 Å². The number of hydrogen-bond acceptors (Lipinski definition) is 2. The molecule has 1 heterocycles. The van der Waals surface area contributed by atoms with Gasteiger partial charge in [-0.2, -0.15) is 4.39 Å². The van der Waals surface area contributed by atoms with Crippen LogP contribution < -0.4 is 5.32 Å². The van der Waals surface area contributed by atoms with E-state index in [1.807, 2.05) is 36.4 Å². The summed E-state index contributed by atoms with van der Waals surface area (Å²) in [6, 6.07) is 23.1. The number of hydrogen-bond donors (Lipinski definition) is 1. The van der Waals surface area contributed by atoms with E-state index in [2.05, 4.69) is 34.6 Å². The first-order valence-electron chi connectivity index (χ1n) is 8.23. The molecule has 0 aliphatic carbocycles. The highest BCUT2D eigenvalue weighted by Gasteiger charge is 2.14. The van der Waals surface area contributed by atoms with Gasteiger partial charge in [0.25, 0.3) is 5.91 Å². The van der Waals surface area contributed by atoms with Gasteiger partial charge in [-0.25, -0.2) is 4.98 Å². The van der Waals surface area contributed by atoms with Gasteiger partial charge in [-0.3, -0.25) is 4.79 Å². The van der Waals surface area contributed by atoms with Crippen molar-refractivity contribution in [2.45, 2.75) is 12.3 Å². The Kier molecular flexibility index (Phi) is 5.52. The number of amides is 1. The smallest absolute Gasteiger partial charge is 0.252 e. The zero-order valence-electron chi connectivity index (χ0n) is 13.7. The second-order valence-electron chi connectivity index (χ2n) is 5.79. The molecule has 0 fully saturated rings. The molecular formula is C21H19FN2O. The molecule has 0 radical (unpaired) electrons. The third-order valence-electron chi connectivity index (χ3n) is 4.11. The molecule has 0 spiro atoms. The standard InChI is InChI=1S/C21H19FN2O/c22-20-12-11-18(15-24-20)21(25)23-14-13-19(16-7-3-1-4-8-16)17-9-5-2-6-10-17/h1-12,15,19H,13-14H2,(H,23,25)/i22-1. The van der Waals surface area contributed by atoms with E-state index in [4.69, 9.17) is 0 Å². The van der Waals surface area contributed by atoms with Crippen molar-refractivity contribution in [3.63, 3.8) is 0 Å². The van der Waals surface area contributed by atoms with Crippen LogP contribution in [0, 0.1) is 5.95 Å². The molecule has 0 saturated heterocycles. The summed E-state index contributed by atoms with van der Waals surface area (Å²) in [5.74, 6) is -0.633. The maximum atomic E-state index is 12.8. The SMILES string of the molecule is O=C(NCCC(c1ccccc1)c1ccccc1)c1ccc([18F])nc1. The lowest BCUT2D eigenvalue weighted by molar-refractivity contribution is 0.0952. The van der Waals surface area contributed by atoms with Crippen LogP contribution in [0.15, 0.2) is 79.0 Å². The number of carbonyl (C=O) groups excluding carboxylic acids is 1. The molecule has 0 unspecified atom stereocenters. The fraction of sp³-hybridized carbons (Fsp3) is 0.143. The Morgan fingerprint density at radius 3 is 2.04 bits per heavy atom. The monoisotopic (exact) mass is 333 g/mol. The van der Waals surface area contributed by atoms with Crippen LogP contribution in [-0.2, 0) is 0 Å². The van der Waals surface area contributed by atoms with E-state index >= 15 is 0 Å². The number of pyridine rings is 1. The van der Waals surface area contributed by atoms with E-state index in [1.165, 1.54) is 29.5 Å². The molecule has 1 N–H and O–H groups in total. The lowest BCUT2D eigenvalue weighted by atomic mass is 9.88. The Morgan fingerprint density at radius 1 is 0.920 bits per heavy atom. The number of carbonyl (C=O) groups is 1. The highest BCUT2D eigenvalue weighted by Crippen LogP contribution is 2.27. The summed E-state index contributed by atoms with van der Waals surface area (Å²) < 4.78 is 12.8. The van der Waals surface area contributed by atoms with E-state index in [0.717, 1.165) is 6.42 Å². The van der Waals surface area contributed by atoms with Gasteiger partial charge in [0.05, 0.1) is 5.56 Å². The largest absolute Gasteiger partial charge is 0.352 e. The van der Waals surface area contributed by atoms with E-state index in [0.29, 0.717) is 12.1 Å². The van der Waals surface area contributed by atoms with Crippen LogP contribution in [0.3, 0.4) is 0 Å². The predicted octanol–water partition coefficient (Wildman–Crippen LogP) is 4.17. The Hall–Kier alpha value is -3.01. The molecule has 3 aromatic rings. The molecule has 0 atom stereocenters. The summed E-state index contributed by atoms with van der Waals surface area (Å²) >= 11 is 0. The maximum Gasteiger partial charge on any atom is 0.252 e. The molecular weight excluding hydrogens is 314 g/mol. The molecule has 2 aromatic carbocycles. The summed E-state index contributed by atoms with van der Waals surface area (Å²) in [4.78, 5) is 15.6. The average molecular weight is 333 g/mol. The third-order valence-corrected chi connectivity index (χ3v) is 4.11. The molecule has 4 heteroatoms. The third kappa shape index (κ3) is 4.51. The van der Waals surface area contributed by atoms with Crippen molar-refractivity contribution in [2.24, 2.45) is 0 Å². The lowest BCUT2D eigenvalue weighted by Crippen LogP contribution is -2.26. The van der Waals surface area contributed by atoms with Crippen LogP contribution in [0.1, 0.15) is 33.8 Å². The van der Waals surface area contributed by atoms with Crippen LogP contribution >= 0.6 is 0 Å². The average Bonchev–Trinajstić information content (AvgIpc) is 2.67. The van der Waals surface area contributed by atoms with Crippen LogP contribution in [0.4, 0.5) is 4.39 Å². The molecule has 126 valence electrons. The van der Waals surface area contributed by atoms with Gasteiger partial charge in [-0.15, -0.1) is 0 Å². The number of nitrogens with zero attached hydrogens (tertiary/aromatic N) is 1. The Morgan fingerprint density at radius 2 is 1.52 bits per heavy atom. The topological polar surface area (TPSA) is 42.0 Å². The molecule has 25 heavy (non-hydrogen) atoms. The second-order valence-corrected chi connectivity index (χ2v) is 5.79. The summed E-state index contributed by atoms with van der Waals surface area (Å²) in [5.41, 5.74) is 2.79. The molecule has 3 rings (SSSR count). The van der Waals surface area contributed by atoms with Crippen molar-refractivity contribution in [3.05, 3.63) is 102 Å². The van der Waals surface area contributed by atoms with Crippen LogP contribution in [0.5, 0.6) is 0 Å². The molecule has 0 saturated carbocycles. The number of rotatable bonds is 6. The van der Waals surface area contributed by atoms with Crippen molar-refractivity contribution in [1.82, 2.24) is 10.3 Å². The first-order chi connectivity index (χ1) is 12.2. The number of nitrogens with one attached hydrogen (secondary N) is 1. The van der Waals surface area contributed by atoms with E-state index in [9.17, 15) is 9.18 Å². The zero-order chi connectivity index (χ0) is 17.5. The van der Waals surface area contributed by atoms with Gasteiger partial charge in [0.2, 0.25) is 5.95 Å². The quantitative estimate of drug-likeness (QED) is 0.688. The van der Waals surface area contributed by atoms with Gasteiger partial charge in [-0.1, -0.05) is 60.7 Å². The Labute approximate surface area is 146 Å². The fourth-order valence-electron chi connectivity index (χ4n) is 2.84. The van der Waals surface area contributed by atoms with Crippen LogP contribution in [0.2, 0.25) is 0 Å². The van der Waals surface area contributed by atoms with Crippen molar-refractivity contribution in [2.75, 3.05) is 6.54 Å². The van der Waals surface area contributed by atoms with Gasteiger partial charge in [0.1, 0.15) is 0 Å². The van der Waals surface area contributed by atoms with Crippen molar-refractivity contribution >= 4 is 5.91 Å². The van der Waals surface area contributed by atoms with Gasteiger partial charge >= 0.3 is 0 Å². The van der Waals surface area contributed by atoms with Crippen LogP contribution in [-0.4, -0.2) is 17.4 Å². The van der Waals surface area contributed by atoms with Gasteiger partial charge in [0, 0.05) is 18.7 Å². The van der Waals surface area contributed by atoms with Gasteiger partial charge < -0.3 is 5.32 Å². The van der Waals surface area contributed by atoms with Gasteiger partial charge in [0.15, 0.2) is 0 Å². The lowest BCUT2D eigenvalue weighted by Gasteiger charge is -2.18. The zero-order valence-corrected chi connectivity index (χ0v) is 13.7. The van der Waals surface area contributed by atoms with E-state index < -0.39 is 5.95 Å². The van der Waals surface area contributed by atoms with Crippen molar-refractivity contribution in [1.29, 1.82) is 0 Å². The molecule has 0 aliphatic heterocycles. The van der Waals surface area contributed by atoms with Crippen molar-refractivity contribution in [3.8, 4) is 0 Å². The van der Waals surface area contributed by atoms with Crippen LogP contribution in [0.25, 0.3) is 0 Å². The fourth-order valence-corrected chi connectivity index (χ4v) is 2.84. The molecule has 1 aromatic heterocycles. The molecule has 3 nitrogen and oxygen atoms in total. The number of halogens is 1. The Balaban J connectivity index is 1.67. The number of aromatic nitrogens is 1. The second kappa shape index (κ2) is 8.20. The predicted molar refractivity (Wildman–Crippen MR) is 95.9 cm³/mol. The molecule has 0 aliphatic rings.